The summed E-state index contributed by atoms with van der Waals surface area (Å²) in [7, 11) is 0. The molecule has 0 fully saturated rings. The van der Waals surface area contributed by atoms with Gasteiger partial charge in [-0.25, -0.2) is 0 Å². The summed E-state index contributed by atoms with van der Waals surface area (Å²) >= 11 is 0. The fourth-order valence-corrected chi connectivity index (χ4v) is 1.56. The fraction of sp³-hybridized carbons (Fsp3) is 0.0769. The van der Waals surface area contributed by atoms with Crippen LogP contribution >= 0.6 is 0 Å². The fourth-order valence-electron chi connectivity index (χ4n) is 1.56. The molecular weight excluding hydrogens is 312 g/mol. The predicted octanol–water partition coefficient (Wildman–Crippen LogP) is -1.73. The summed E-state index contributed by atoms with van der Waals surface area (Å²) in [6.07, 6.45) is 1.64. The van der Waals surface area contributed by atoms with Crippen LogP contribution in [0.4, 0.5) is 0 Å². The summed E-state index contributed by atoms with van der Waals surface area (Å²) in [6, 6.07) is 8.95. The van der Waals surface area contributed by atoms with Crippen LogP contribution in [0.15, 0.2) is 42.6 Å². The molecule has 1 aromatic carbocycles. The van der Waals surface area contributed by atoms with Crippen molar-refractivity contribution in [2.75, 3.05) is 0 Å². The van der Waals surface area contributed by atoms with Gasteiger partial charge in [-0.1, -0.05) is 6.07 Å². The van der Waals surface area contributed by atoms with E-state index in [-0.39, 0.29) is 46.3 Å². The molecule has 0 bridgehead atoms. The van der Waals surface area contributed by atoms with Gasteiger partial charge in [0.1, 0.15) is 5.49 Å². The Morgan fingerprint density at radius 1 is 1.16 bits per heavy atom. The number of phenols is 2. The first kappa shape index (κ1) is 15.0. The molecule has 0 atom stereocenters. The standard InChI is InChI=1S/C13H12N2O3.BrH/c14-13-3-1-2-6-15(13)8-12(18)9-4-5-10(16)11(17)7-9;/h1-7,14,16-17H,8H2;1H/p-1. The monoisotopic (exact) mass is 323 g/mol. The highest BCUT2D eigenvalue weighted by molar-refractivity contribution is 5.96. The number of nitrogens with one attached hydrogen (secondary N) is 1. The molecule has 1 aromatic heterocycles. The van der Waals surface area contributed by atoms with Gasteiger partial charge < -0.3 is 31.8 Å². The van der Waals surface area contributed by atoms with E-state index in [9.17, 15) is 9.90 Å². The van der Waals surface area contributed by atoms with Gasteiger partial charge in [0.15, 0.2) is 17.3 Å². The van der Waals surface area contributed by atoms with Gasteiger partial charge in [-0.3, -0.25) is 10.2 Å². The first-order valence-corrected chi connectivity index (χ1v) is 5.33. The van der Waals surface area contributed by atoms with E-state index < -0.39 is 0 Å². The molecule has 0 aliphatic heterocycles. The van der Waals surface area contributed by atoms with Gasteiger partial charge in [-0.05, 0) is 30.3 Å². The molecule has 100 valence electrons. The molecule has 2 aromatic rings. The summed E-state index contributed by atoms with van der Waals surface area (Å²) in [5.41, 5.74) is 0.523. The van der Waals surface area contributed by atoms with Crippen LogP contribution in [0, 0.1) is 5.41 Å². The molecule has 1 heterocycles. The van der Waals surface area contributed by atoms with E-state index >= 15 is 0 Å². The van der Waals surface area contributed by atoms with Crippen LogP contribution in [-0.4, -0.2) is 20.6 Å². The van der Waals surface area contributed by atoms with E-state index in [0.717, 1.165) is 0 Å². The van der Waals surface area contributed by atoms with Crippen LogP contribution in [0.3, 0.4) is 0 Å². The number of phenolic OH excluding ortho intramolecular Hbond substituents is 2. The number of aromatic nitrogens is 1. The van der Waals surface area contributed by atoms with E-state index in [2.05, 4.69) is 0 Å². The molecule has 2 rings (SSSR count). The summed E-state index contributed by atoms with van der Waals surface area (Å²) in [5.74, 6) is -0.833. The van der Waals surface area contributed by atoms with Gasteiger partial charge in [0.2, 0.25) is 0 Å². The molecule has 0 radical (unpaired) electrons. The van der Waals surface area contributed by atoms with Crippen molar-refractivity contribution in [1.82, 2.24) is 4.57 Å². The number of halogens is 1. The number of aromatic hydroxyl groups is 2. The predicted molar refractivity (Wildman–Crippen MR) is 64.4 cm³/mol. The van der Waals surface area contributed by atoms with Gasteiger partial charge in [0, 0.05) is 11.8 Å². The molecule has 0 aliphatic carbocycles. The second-order valence-corrected chi connectivity index (χ2v) is 3.84. The van der Waals surface area contributed by atoms with Crippen molar-refractivity contribution < 1.29 is 32.0 Å². The van der Waals surface area contributed by atoms with Gasteiger partial charge in [0.25, 0.3) is 0 Å². The second-order valence-electron chi connectivity index (χ2n) is 3.84. The van der Waals surface area contributed by atoms with Gasteiger partial charge in [-0.2, -0.15) is 0 Å². The SMILES string of the molecule is N=c1ccccn1CC(=O)c1ccc(O)c(O)c1.[Br-]. The average molecular weight is 324 g/mol. The Balaban J connectivity index is 0.00000180. The third-order valence-corrected chi connectivity index (χ3v) is 2.55. The Labute approximate surface area is 120 Å². The number of pyridine rings is 1. The van der Waals surface area contributed by atoms with E-state index in [1.54, 1.807) is 24.4 Å². The van der Waals surface area contributed by atoms with E-state index in [4.69, 9.17) is 10.5 Å². The minimum absolute atomic E-state index is 0. The van der Waals surface area contributed by atoms with Crippen LogP contribution in [-0.2, 0) is 6.54 Å². The smallest absolute Gasteiger partial charge is 0.182 e. The lowest BCUT2D eigenvalue weighted by molar-refractivity contribution is -0.0000136. The second kappa shape index (κ2) is 6.19. The maximum absolute atomic E-state index is 11.9. The molecule has 0 saturated heterocycles. The third-order valence-electron chi connectivity index (χ3n) is 2.55. The van der Waals surface area contributed by atoms with E-state index in [1.807, 2.05) is 0 Å². The number of carbonyl (C=O) groups is 1. The quantitative estimate of drug-likeness (QED) is 0.463. The van der Waals surface area contributed by atoms with Gasteiger partial charge in [0.05, 0.1) is 6.54 Å². The number of rotatable bonds is 3. The molecule has 0 spiro atoms. The van der Waals surface area contributed by atoms with E-state index in [1.165, 1.54) is 22.8 Å². The van der Waals surface area contributed by atoms with Crippen molar-refractivity contribution in [3.05, 3.63) is 53.6 Å². The number of nitrogens with zero attached hydrogens (tertiary/aromatic N) is 1. The lowest BCUT2D eigenvalue weighted by atomic mass is 10.1. The first-order chi connectivity index (χ1) is 8.58. The summed E-state index contributed by atoms with van der Waals surface area (Å²) < 4.78 is 1.49. The number of benzene rings is 1. The Morgan fingerprint density at radius 2 is 1.89 bits per heavy atom. The molecule has 0 amide bonds. The van der Waals surface area contributed by atoms with Gasteiger partial charge in [-0.15, -0.1) is 0 Å². The Bertz CT molecular complexity index is 652. The maximum atomic E-state index is 11.9. The molecular formula is C13H12BrN2O3-. The largest absolute Gasteiger partial charge is 1.00 e. The topological polar surface area (TPSA) is 86.3 Å². The van der Waals surface area contributed by atoms with Crippen molar-refractivity contribution in [2.24, 2.45) is 0 Å². The van der Waals surface area contributed by atoms with Crippen molar-refractivity contribution in [1.29, 1.82) is 5.41 Å². The van der Waals surface area contributed by atoms with Crippen LogP contribution in [0.1, 0.15) is 10.4 Å². The zero-order valence-corrected chi connectivity index (χ0v) is 11.5. The molecule has 0 aliphatic rings. The van der Waals surface area contributed by atoms with Crippen LogP contribution in [0.5, 0.6) is 11.5 Å². The highest BCUT2D eigenvalue weighted by Gasteiger charge is 2.09. The summed E-state index contributed by atoms with van der Waals surface area (Å²) in [4.78, 5) is 11.9. The molecule has 3 N–H and O–H groups in total. The Kier molecular flexibility index (Phi) is 4.88. The van der Waals surface area contributed by atoms with Crippen molar-refractivity contribution in [3.8, 4) is 11.5 Å². The lowest BCUT2D eigenvalue weighted by Gasteiger charge is -2.06. The number of Topliss-reactive ketones (excluding diaryl/α,β-unsaturated/α-hetero) is 1. The number of carbonyl (C=O) groups excluding carboxylic acids is 1. The molecule has 5 nitrogen and oxygen atoms in total. The highest BCUT2D eigenvalue weighted by Crippen LogP contribution is 2.25. The van der Waals surface area contributed by atoms with Gasteiger partial charge >= 0.3 is 0 Å². The summed E-state index contributed by atoms with van der Waals surface area (Å²) in [6.45, 7) is 0.0177. The van der Waals surface area contributed by atoms with Crippen LogP contribution in [0.2, 0.25) is 0 Å². The average Bonchev–Trinajstić information content (AvgIpc) is 2.35. The Hall–Kier alpha value is -2.08. The van der Waals surface area contributed by atoms with Crippen molar-refractivity contribution in [3.63, 3.8) is 0 Å². The maximum Gasteiger partial charge on any atom is 0.182 e. The minimum atomic E-state index is -0.329. The third kappa shape index (κ3) is 3.45. The van der Waals surface area contributed by atoms with Crippen molar-refractivity contribution in [2.45, 2.75) is 6.54 Å². The van der Waals surface area contributed by atoms with Crippen molar-refractivity contribution >= 4 is 5.78 Å². The minimum Gasteiger partial charge on any atom is -1.00 e. The molecule has 6 heteroatoms. The molecule has 19 heavy (non-hydrogen) atoms. The van der Waals surface area contributed by atoms with Crippen LogP contribution < -0.4 is 22.5 Å². The number of ketones is 1. The normalized spacial score (nSPS) is 9.68. The first-order valence-electron chi connectivity index (χ1n) is 5.33. The van der Waals surface area contributed by atoms with E-state index in [0.29, 0.717) is 5.56 Å². The molecule has 0 saturated carbocycles. The number of hydrogen-bond acceptors (Lipinski definition) is 4. The molecule has 0 unspecified atom stereocenters. The Morgan fingerprint density at radius 3 is 2.53 bits per heavy atom. The zero-order chi connectivity index (χ0) is 13.1. The lowest BCUT2D eigenvalue weighted by Crippen LogP contribution is -3.00. The highest BCUT2D eigenvalue weighted by atomic mass is 79.9. The summed E-state index contributed by atoms with van der Waals surface area (Å²) in [5, 5.41) is 26.1. The number of hydrogen-bond donors (Lipinski definition) is 3. The van der Waals surface area contributed by atoms with Crippen LogP contribution in [0.25, 0.3) is 0 Å². The zero-order valence-electron chi connectivity index (χ0n) is 9.88.